The van der Waals surface area contributed by atoms with E-state index >= 15 is 0 Å². The lowest BCUT2D eigenvalue weighted by Gasteiger charge is -2.28. The van der Waals surface area contributed by atoms with Crippen molar-refractivity contribution in [2.24, 2.45) is 0 Å². The molecule has 0 heterocycles. The van der Waals surface area contributed by atoms with Gasteiger partial charge in [-0.25, -0.2) is 0 Å². The third-order valence-corrected chi connectivity index (χ3v) is 7.94. The first-order valence-corrected chi connectivity index (χ1v) is 13.4. The summed E-state index contributed by atoms with van der Waals surface area (Å²) in [5, 5.41) is 2.94. The van der Waals surface area contributed by atoms with Crippen molar-refractivity contribution in [2.75, 3.05) is 25.1 Å². The zero-order chi connectivity index (χ0) is 21.2. The number of benzene rings is 1. The van der Waals surface area contributed by atoms with Crippen molar-refractivity contribution < 1.29 is 18.1 Å². The number of hydrogen-bond acceptors (Lipinski definition) is 4. The van der Waals surface area contributed by atoms with E-state index in [4.69, 9.17) is 13.3 Å². The lowest BCUT2D eigenvalue weighted by molar-refractivity contribution is -0.116. The maximum Gasteiger partial charge on any atom is 0.500 e. The zero-order valence-corrected chi connectivity index (χ0v) is 19.7. The monoisotopic (exact) mass is 423 g/mol. The van der Waals surface area contributed by atoms with Crippen LogP contribution in [0.3, 0.4) is 0 Å². The summed E-state index contributed by atoms with van der Waals surface area (Å²) in [6, 6.07) is 10.6. The Balaban J connectivity index is 2.02. The van der Waals surface area contributed by atoms with Gasteiger partial charge in [-0.2, -0.15) is 0 Å². The summed E-state index contributed by atoms with van der Waals surface area (Å²) in [6.45, 7) is 7.96. The Labute approximate surface area is 178 Å². The molecule has 5 nitrogen and oxygen atoms in total. The average molecular weight is 424 g/mol. The third kappa shape index (κ3) is 12.2. The van der Waals surface area contributed by atoms with Crippen LogP contribution in [-0.2, 0) is 18.1 Å². The van der Waals surface area contributed by atoms with Gasteiger partial charge in [-0.3, -0.25) is 4.79 Å². The van der Waals surface area contributed by atoms with Crippen molar-refractivity contribution in [1.82, 2.24) is 0 Å². The Morgan fingerprint density at radius 3 is 1.76 bits per heavy atom. The third-order valence-electron chi connectivity index (χ3n) is 4.79. The van der Waals surface area contributed by atoms with E-state index in [1.165, 1.54) is 32.1 Å². The first-order valence-electron chi connectivity index (χ1n) is 11.4. The van der Waals surface area contributed by atoms with Gasteiger partial charge in [0.2, 0.25) is 5.91 Å². The summed E-state index contributed by atoms with van der Waals surface area (Å²) in [4.78, 5) is 11.9. The first kappa shape index (κ1) is 25.8. The quantitative estimate of drug-likeness (QED) is 0.226. The van der Waals surface area contributed by atoms with Crippen LogP contribution in [0.15, 0.2) is 30.3 Å². The number of rotatable bonds is 18. The second-order valence-electron chi connectivity index (χ2n) is 7.22. The van der Waals surface area contributed by atoms with Gasteiger partial charge in [0.1, 0.15) is 0 Å². The van der Waals surface area contributed by atoms with E-state index in [1.54, 1.807) is 0 Å². The molecule has 0 fully saturated rings. The van der Waals surface area contributed by atoms with E-state index in [9.17, 15) is 4.79 Å². The number of carbonyl (C=O) groups is 1. The molecule has 0 bridgehead atoms. The number of hydrogen-bond donors (Lipinski definition) is 1. The zero-order valence-electron chi connectivity index (χ0n) is 18.7. The van der Waals surface area contributed by atoms with Crippen LogP contribution in [-0.4, -0.2) is 34.5 Å². The second-order valence-corrected chi connectivity index (χ2v) is 9.96. The fourth-order valence-electron chi connectivity index (χ4n) is 3.43. The number of amides is 1. The molecule has 166 valence electrons. The number of unbranched alkanes of at least 4 members (excludes halogenated alkanes) is 7. The summed E-state index contributed by atoms with van der Waals surface area (Å²) in [7, 11) is -2.46. The summed E-state index contributed by atoms with van der Waals surface area (Å²) < 4.78 is 17.7. The Morgan fingerprint density at radius 1 is 0.759 bits per heavy atom. The standard InChI is InChI=1S/C23H41NO4Si/c1-4-26-29(27-5-2,28-6-3)21-17-12-10-8-7-9-11-16-20-23(25)24-22-18-14-13-15-19-22/h13-15,18-19H,4-12,16-17,20-21H2,1-3H3,(H,24,25). The van der Waals surface area contributed by atoms with Crippen LogP contribution in [0.5, 0.6) is 0 Å². The van der Waals surface area contributed by atoms with Gasteiger partial charge in [0, 0.05) is 38.0 Å². The molecule has 29 heavy (non-hydrogen) atoms. The van der Waals surface area contributed by atoms with Crippen molar-refractivity contribution in [3.8, 4) is 0 Å². The van der Waals surface area contributed by atoms with E-state index in [-0.39, 0.29) is 5.91 Å². The lowest BCUT2D eigenvalue weighted by atomic mass is 10.1. The molecule has 0 aliphatic rings. The molecule has 0 aliphatic carbocycles. The fraction of sp³-hybridized carbons (Fsp3) is 0.696. The minimum atomic E-state index is -2.46. The summed E-state index contributed by atoms with van der Waals surface area (Å²) in [5.74, 6) is 0.113. The highest BCUT2D eigenvalue weighted by Gasteiger charge is 2.39. The topological polar surface area (TPSA) is 56.8 Å². The molecule has 0 aromatic heterocycles. The van der Waals surface area contributed by atoms with Crippen molar-refractivity contribution in [1.29, 1.82) is 0 Å². The van der Waals surface area contributed by atoms with E-state index in [0.29, 0.717) is 26.2 Å². The molecular formula is C23H41NO4Si. The van der Waals surface area contributed by atoms with Gasteiger partial charge in [0.15, 0.2) is 0 Å². The van der Waals surface area contributed by atoms with Crippen LogP contribution >= 0.6 is 0 Å². The molecule has 0 spiro atoms. The smallest absolute Gasteiger partial charge is 0.374 e. The summed E-state index contributed by atoms with van der Waals surface area (Å²) >= 11 is 0. The highest BCUT2D eigenvalue weighted by atomic mass is 28.4. The predicted molar refractivity (Wildman–Crippen MR) is 122 cm³/mol. The van der Waals surface area contributed by atoms with Gasteiger partial charge in [-0.1, -0.05) is 56.7 Å². The van der Waals surface area contributed by atoms with Crippen LogP contribution < -0.4 is 5.32 Å². The number of anilines is 1. The molecule has 1 amide bonds. The van der Waals surface area contributed by atoms with Crippen LogP contribution in [0.2, 0.25) is 6.04 Å². The molecule has 0 aliphatic heterocycles. The van der Waals surface area contributed by atoms with E-state index < -0.39 is 8.80 Å². The maximum atomic E-state index is 11.9. The van der Waals surface area contributed by atoms with E-state index in [0.717, 1.165) is 31.0 Å². The van der Waals surface area contributed by atoms with Gasteiger partial charge in [0.25, 0.3) is 0 Å². The lowest BCUT2D eigenvalue weighted by Crippen LogP contribution is -2.45. The fourth-order valence-corrected chi connectivity index (χ4v) is 6.12. The molecule has 0 saturated heterocycles. The largest absolute Gasteiger partial charge is 0.500 e. The Morgan fingerprint density at radius 2 is 1.24 bits per heavy atom. The van der Waals surface area contributed by atoms with E-state index in [1.807, 2.05) is 51.1 Å². The summed E-state index contributed by atoms with van der Waals surface area (Å²) in [6.07, 6.45) is 9.92. The van der Waals surface area contributed by atoms with Gasteiger partial charge in [-0.15, -0.1) is 0 Å². The maximum absolute atomic E-state index is 11.9. The van der Waals surface area contributed by atoms with Gasteiger partial charge in [-0.05, 0) is 45.7 Å². The van der Waals surface area contributed by atoms with E-state index in [2.05, 4.69) is 5.32 Å². The molecule has 0 unspecified atom stereocenters. The second kappa shape index (κ2) is 16.6. The Kier molecular flexibility index (Phi) is 14.8. The van der Waals surface area contributed by atoms with Crippen LogP contribution in [0.25, 0.3) is 0 Å². The van der Waals surface area contributed by atoms with Crippen molar-refractivity contribution in [3.05, 3.63) is 30.3 Å². The SMILES string of the molecule is CCO[Si](CCCCCCCCCCC(=O)Nc1ccccc1)(OCC)OCC. The van der Waals surface area contributed by atoms with Crippen molar-refractivity contribution in [3.63, 3.8) is 0 Å². The highest BCUT2D eigenvalue weighted by Crippen LogP contribution is 2.21. The molecule has 0 saturated carbocycles. The number of nitrogens with one attached hydrogen (secondary N) is 1. The van der Waals surface area contributed by atoms with Gasteiger partial charge >= 0.3 is 8.80 Å². The minimum absolute atomic E-state index is 0.113. The molecule has 0 atom stereocenters. The molecule has 1 rings (SSSR count). The molecular weight excluding hydrogens is 382 g/mol. The minimum Gasteiger partial charge on any atom is -0.374 e. The first-order chi connectivity index (χ1) is 14.2. The van der Waals surface area contributed by atoms with Crippen LogP contribution in [0.4, 0.5) is 5.69 Å². The predicted octanol–water partition coefficient (Wildman–Crippen LogP) is 6.18. The number of para-hydroxylation sites is 1. The van der Waals surface area contributed by atoms with Crippen molar-refractivity contribution >= 4 is 20.4 Å². The van der Waals surface area contributed by atoms with Crippen LogP contribution in [0.1, 0.15) is 78.6 Å². The van der Waals surface area contributed by atoms with Crippen LogP contribution in [0, 0.1) is 0 Å². The highest BCUT2D eigenvalue weighted by molar-refractivity contribution is 6.60. The number of carbonyl (C=O) groups excluding carboxylic acids is 1. The molecule has 6 heteroatoms. The Bertz CT molecular complexity index is 510. The average Bonchev–Trinajstić information content (AvgIpc) is 2.71. The van der Waals surface area contributed by atoms with Gasteiger partial charge < -0.3 is 18.6 Å². The molecule has 1 aromatic carbocycles. The molecule has 1 N–H and O–H groups in total. The van der Waals surface area contributed by atoms with Gasteiger partial charge in [0.05, 0.1) is 0 Å². The van der Waals surface area contributed by atoms with Crippen molar-refractivity contribution in [2.45, 2.75) is 84.6 Å². The normalized spacial score (nSPS) is 11.6. The molecule has 0 radical (unpaired) electrons. The molecule has 1 aromatic rings. The summed E-state index contributed by atoms with van der Waals surface area (Å²) in [5.41, 5.74) is 0.877. The Hall–Kier alpha value is -1.21.